The van der Waals surface area contributed by atoms with E-state index >= 15 is 0 Å². The van der Waals surface area contributed by atoms with Crippen LogP contribution in [0, 0.1) is 11.3 Å². The van der Waals surface area contributed by atoms with Crippen molar-refractivity contribution in [1.29, 1.82) is 5.26 Å². The quantitative estimate of drug-likeness (QED) is 0.942. The Bertz CT molecular complexity index is 736. The highest BCUT2D eigenvalue weighted by molar-refractivity contribution is 7.92. The van der Waals surface area contributed by atoms with Gasteiger partial charge in [-0.2, -0.15) is 5.26 Å². The van der Waals surface area contributed by atoms with Crippen molar-refractivity contribution in [1.82, 2.24) is 4.98 Å². The molecule has 0 saturated heterocycles. The van der Waals surface area contributed by atoms with Crippen molar-refractivity contribution in [3.63, 3.8) is 0 Å². The van der Waals surface area contributed by atoms with E-state index in [4.69, 9.17) is 16.9 Å². The zero-order chi connectivity index (χ0) is 13.9. The molecule has 7 heteroatoms. The molecule has 0 saturated carbocycles. The molecule has 1 heterocycles. The predicted octanol–water partition coefficient (Wildman–Crippen LogP) is 2.41. The van der Waals surface area contributed by atoms with Gasteiger partial charge in [-0.3, -0.25) is 4.72 Å². The maximum Gasteiger partial charge on any atom is 0.264 e. The number of rotatable bonds is 3. The summed E-state index contributed by atoms with van der Waals surface area (Å²) in [5.41, 5.74) is 0.0731. The van der Waals surface area contributed by atoms with E-state index in [0.29, 0.717) is 5.02 Å². The van der Waals surface area contributed by atoms with Gasteiger partial charge >= 0.3 is 0 Å². The third-order valence-electron chi connectivity index (χ3n) is 2.26. The number of aromatic nitrogens is 1. The fraction of sp³-hybridized carbons (Fsp3) is 0. The standard InChI is InChI=1S/C12H8ClN3O2S/c13-10-5-6-12(15-8-10)16-19(17,18)11-4-2-1-3-9(11)7-14/h1-6,8H,(H,15,16). The summed E-state index contributed by atoms with van der Waals surface area (Å²) < 4.78 is 26.5. The van der Waals surface area contributed by atoms with Crippen LogP contribution in [0.25, 0.3) is 0 Å². The van der Waals surface area contributed by atoms with Crippen LogP contribution in [-0.2, 0) is 10.0 Å². The van der Waals surface area contributed by atoms with Gasteiger partial charge in [0.1, 0.15) is 16.8 Å². The predicted molar refractivity (Wildman–Crippen MR) is 71.2 cm³/mol. The zero-order valence-corrected chi connectivity index (χ0v) is 11.1. The number of nitrogens with zero attached hydrogens (tertiary/aromatic N) is 2. The first-order valence-corrected chi connectivity index (χ1v) is 7.02. The fourth-order valence-corrected chi connectivity index (χ4v) is 2.70. The molecule has 0 bridgehead atoms. The lowest BCUT2D eigenvalue weighted by molar-refractivity contribution is 0.601. The van der Waals surface area contributed by atoms with Gasteiger partial charge in [-0.1, -0.05) is 23.7 Å². The summed E-state index contributed by atoms with van der Waals surface area (Å²) >= 11 is 5.66. The van der Waals surface area contributed by atoms with Gasteiger partial charge in [-0.15, -0.1) is 0 Å². The van der Waals surface area contributed by atoms with E-state index in [1.54, 1.807) is 12.1 Å². The van der Waals surface area contributed by atoms with Crippen LogP contribution in [-0.4, -0.2) is 13.4 Å². The van der Waals surface area contributed by atoms with Gasteiger partial charge in [-0.05, 0) is 24.3 Å². The van der Waals surface area contributed by atoms with E-state index in [0.717, 1.165) is 0 Å². The van der Waals surface area contributed by atoms with Crippen molar-refractivity contribution >= 4 is 27.4 Å². The number of pyridine rings is 1. The Balaban J connectivity index is 2.38. The number of halogens is 1. The largest absolute Gasteiger partial charge is 0.264 e. The summed E-state index contributed by atoms with van der Waals surface area (Å²) in [6.07, 6.45) is 1.33. The van der Waals surface area contributed by atoms with Crippen LogP contribution in [0.2, 0.25) is 5.02 Å². The summed E-state index contributed by atoms with van der Waals surface area (Å²) in [5, 5.41) is 9.31. The molecule has 1 aromatic heterocycles. The van der Waals surface area contributed by atoms with Crippen molar-refractivity contribution in [3.05, 3.63) is 53.2 Å². The molecule has 0 amide bonds. The van der Waals surface area contributed by atoms with E-state index in [2.05, 4.69) is 9.71 Å². The fourth-order valence-electron chi connectivity index (χ4n) is 1.42. The highest BCUT2D eigenvalue weighted by Gasteiger charge is 2.18. The number of hydrogen-bond donors (Lipinski definition) is 1. The molecule has 0 aliphatic heterocycles. The normalized spacial score (nSPS) is 10.7. The van der Waals surface area contributed by atoms with Gasteiger partial charge in [-0.25, -0.2) is 13.4 Å². The van der Waals surface area contributed by atoms with E-state index in [-0.39, 0.29) is 16.3 Å². The average molecular weight is 294 g/mol. The number of benzene rings is 1. The lowest BCUT2D eigenvalue weighted by Gasteiger charge is -2.08. The maximum atomic E-state index is 12.1. The highest BCUT2D eigenvalue weighted by atomic mass is 35.5. The van der Waals surface area contributed by atoms with Gasteiger partial charge in [0.2, 0.25) is 0 Å². The Morgan fingerprint density at radius 2 is 1.95 bits per heavy atom. The third-order valence-corrected chi connectivity index (χ3v) is 3.90. The third kappa shape index (κ3) is 3.02. The molecular weight excluding hydrogens is 286 g/mol. The summed E-state index contributed by atoms with van der Waals surface area (Å²) in [6, 6.07) is 10.7. The summed E-state index contributed by atoms with van der Waals surface area (Å²) in [4.78, 5) is 3.75. The Morgan fingerprint density at radius 3 is 2.58 bits per heavy atom. The topological polar surface area (TPSA) is 82.8 Å². The molecule has 19 heavy (non-hydrogen) atoms. The number of nitriles is 1. The van der Waals surface area contributed by atoms with Crippen molar-refractivity contribution in [3.8, 4) is 6.07 Å². The van der Waals surface area contributed by atoms with Crippen LogP contribution in [0.4, 0.5) is 5.82 Å². The Labute approximate surface area is 115 Å². The summed E-state index contributed by atoms with van der Waals surface area (Å²) in [6.45, 7) is 0. The molecule has 5 nitrogen and oxygen atoms in total. The lowest BCUT2D eigenvalue weighted by Crippen LogP contribution is -2.15. The van der Waals surface area contributed by atoms with Crippen molar-refractivity contribution < 1.29 is 8.42 Å². The molecule has 0 spiro atoms. The smallest absolute Gasteiger partial charge is 0.263 e. The molecule has 0 aliphatic carbocycles. The summed E-state index contributed by atoms with van der Waals surface area (Å²) in [5.74, 6) is 0.136. The minimum atomic E-state index is -3.85. The van der Waals surface area contributed by atoms with Gasteiger partial charge < -0.3 is 0 Å². The van der Waals surface area contributed by atoms with Crippen molar-refractivity contribution in [2.75, 3.05) is 4.72 Å². The number of anilines is 1. The molecule has 96 valence electrons. The van der Waals surface area contributed by atoms with Crippen LogP contribution in [0.15, 0.2) is 47.5 Å². The molecule has 0 atom stereocenters. The second-order valence-corrected chi connectivity index (χ2v) is 5.66. The number of hydrogen-bond acceptors (Lipinski definition) is 4. The SMILES string of the molecule is N#Cc1ccccc1S(=O)(=O)Nc1ccc(Cl)cn1. The maximum absolute atomic E-state index is 12.1. The first-order valence-electron chi connectivity index (χ1n) is 5.16. The van der Waals surface area contributed by atoms with Gasteiger partial charge in [0.05, 0.1) is 10.6 Å². The van der Waals surface area contributed by atoms with Crippen LogP contribution in [0.1, 0.15) is 5.56 Å². The molecule has 2 rings (SSSR count). The van der Waals surface area contributed by atoms with Gasteiger partial charge in [0, 0.05) is 6.20 Å². The zero-order valence-electron chi connectivity index (χ0n) is 9.54. The van der Waals surface area contributed by atoms with E-state index in [9.17, 15) is 8.42 Å². The number of sulfonamides is 1. The highest BCUT2D eigenvalue weighted by Crippen LogP contribution is 2.18. The molecule has 1 N–H and O–H groups in total. The molecular formula is C12H8ClN3O2S. The Morgan fingerprint density at radius 1 is 1.21 bits per heavy atom. The van der Waals surface area contributed by atoms with Crippen molar-refractivity contribution in [2.24, 2.45) is 0 Å². The van der Waals surface area contributed by atoms with E-state index < -0.39 is 10.0 Å². The molecule has 1 aromatic carbocycles. The molecule has 0 fully saturated rings. The number of nitrogens with one attached hydrogen (secondary N) is 1. The molecule has 0 radical (unpaired) electrons. The van der Waals surface area contributed by atoms with Crippen molar-refractivity contribution in [2.45, 2.75) is 4.90 Å². The molecule has 2 aromatic rings. The lowest BCUT2D eigenvalue weighted by atomic mass is 10.2. The first kappa shape index (κ1) is 13.3. The van der Waals surface area contributed by atoms with Gasteiger partial charge in [0.15, 0.2) is 0 Å². The Hall–Kier alpha value is -2.10. The van der Waals surface area contributed by atoms with Gasteiger partial charge in [0.25, 0.3) is 10.0 Å². The van der Waals surface area contributed by atoms with Crippen LogP contribution in [0.3, 0.4) is 0 Å². The van der Waals surface area contributed by atoms with E-state index in [1.807, 2.05) is 6.07 Å². The minimum Gasteiger partial charge on any atom is -0.263 e. The monoisotopic (exact) mass is 293 g/mol. The second-order valence-electron chi connectivity index (χ2n) is 3.58. The Kier molecular flexibility index (Phi) is 3.69. The molecule has 0 unspecified atom stereocenters. The average Bonchev–Trinajstić information content (AvgIpc) is 2.41. The summed E-state index contributed by atoms with van der Waals surface area (Å²) in [7, 11) is -3.85. The van der Waals surface area contributed by atoms with Crippen LogP contribution >= 0.6 is 11.6 Å². The second kappa shape index (κ2) is 5.26. The van der Waals surface area contributed by atoms with Crippen LogP contribution in [0.5, 0.6) is 0 Å². The first-order chi connectivity index (χ1) is 9.03. The molecule has 0 aliphatic rings. The van der Waals surface area contributed by atoms with E-state index in [1.165, 1.54) is 30.5 Å². The minimum absolute atomic E-state index is 0.0731. The van der Waals surface area contributed by atoms with Crippen LogP contribution < -0.4 is 4.72 Å².